The summed E-state index contributed by atoms with van der Waals surface area (Å²) in [6.07, 6.45) is 0.784. The largest absolute Gasteiger partial charge is 0.480 e. The first kappa shape index (κ1) is 14.7. The zero-order valence-corrected chi connectivity index (χ0v) is 10.9. The second kappa shape index (κ2) is 7.13. The summed E-state index contributed by atoms with van der Waals surface area (Å²) in [5.41, 5.74) is 2.02. The Balaban J connectivity index is 2.53. The summed E-state index contributed by atoms with van der Waals surface area (Å²) in [6, 6.07) is 7.12. The van der Waals surface area contributed by atoms with Crippen molar-refractivity contribution in [1.82, 2.24) is 5.32 Å². The van der Waals surface area contributed by atoms with E-state index in [0.29, 0.717) is 6.42 Å². The molecular weight excluding hydrogens is 230 g/mol. The van der Waals surface area contributed by atoms with Crippen LogP contribution in [0.15, 0.2) is 24.3 Å². The Morgan fingerprint density at radius 1 is 1.28 bits per heavy atom. The van der Waals surface area contributed by atoms with Crippen molar-refractivity contribution in [2.45, 2.75) is 38.8 Å². The van der Waals surface area contributed by atoms with Gasteiger partial charge in [0.05, 0.1) is 6.10 Å². The zero-order chi connectivity index (χ0) is 13.5. The summed E-state index contributed by atoms with van der Waals surface area (Å²) in [7, 11) is 0. The first-order chi connectivity index (χ1) is 8.58. The van der Waals surface area contributed by atoms with Crippen molar-refractivity contribution < 1.29 is 15.0 Å². The molecule has 0 aliphatic heterocycles. The molecule has 0 heterocycles. The molecule has 2 unspecified atom stereocenters. The predicted molar refractivity (Wildman–Crippen MR) is 70.5 cm³/mol. The Bertz CT molecular complexity index is 375. The summed E-state index contributed by atoms with van der Waals surface area (Å²) >= 11 is 0. The van der Waals surface area contributed by atoms with Gasteiger partial charge in [0.1, 0.15) is 6.04 Å². The lowest BCUT2D eigenvalue weighted by molar-refractivity contribution is -0.139. The minimum Gasteiger partial charge on any atom is -0.480 e. The first-order valence-corrected chi connectivity index (χ1v) is 6.31. The minimum absolute atomic E-state index is 0.246. The molecule has 0 bridgehead atoms. The number of carbonyl (C=O) groups is 1. The molecule has 100 valence electrons. The monoisotopic (exact) mass is 251 g/mol. The van der Waals surface area contributed by atoms with Gasteiger partial charge in [0.2, 0.25) is 0 Å². The third-order valence-electron chi connectivity index (χ3n) is 3.04. The molecule has 1 aromatic rings. The predicted octanol–water partition coefficient (Wildman–Crippen LogP) is 1.74. The molecule has 18 heavy (non-hydrogen) atoms. The molecule has 4 heteroatoms. The van der Waals surface area contributed by atoms with Crippen molar-refractivity contribution in [1.29, 1.82) is 0 Å². The maximum Gasteiger partial charge on any atom is 0.320 e. The summed E-state index contributed by atoms with van der Waals surface area (Å²) in [4.78, 5) is 10.8. The van der Waals surface area contributed by atoms with E-state index in [0.717, 1.165) is 12.0 Å². The van der Waals surface area contributed by atoms with E-state index >= 15 is 0 Å². The fourth-order valence-corrected chi connectivity index (χ4v) is 1.75. The van der Waals surface area contributed by atoms with Crippen LogP contribution in [0, 0.1) is 0 Å². The molecule has 0 radical (unpaired) electrons. The minimum atomic E-state index is -0.883. The smallest absolute Gasteiger partial charge is 0.320 e. The number of aliphatic hydroxyl groups excluding tert-OH is 1. The Morgan fingerprint density at radius 2 is 1.89 bits per heavy atom. The average molecular weight is 251 g/mol. The van der Waals surface area contributed by atoms with Crippen LogP contribution in [0.25, 0.3) is 0 Å². The molecule has 0 saturated heterocycles. The number of carboxylic acid groups (broad SMARTS) is 1. The van der Waals surface area contributed by atoms with E-state index in [1.54, 1.807) is 6.92 Å². The van der Waals surface area contributed by atoms with Gasteiger partial charge in [-0.3, -0.25) is 4.79 Å². The van der Waals surface area contributed by atoms with E-state index in [1.165, 1.54) is 5.56 Å². The summed E-state index contributed by atoms with van der Waals surface area (Å²) < 4.78 is 0. The second-order valence-corrected chi connectivity index (χ2v) is 4.32. The number of aliphatic hydroxyl groups is 1. The molecule has 0 spiro atoms. The highest BCUT2D eigenvalue weighted by Gasteiger charge is 2.16. The highest BCUT2D eigenvalue weighted by atomic mass is 16.4. The molecule has 0 aromatic heterocycles. The number of rotatable bonds is 7. The maximum absolute atomic E-state index is 10.8. The highest BCUT2D eigenvalue weighted by Crippen LogP contribution is 2.13. The van der Waals surface area contributed by atoms with E-state index in [4.69, 9.17) is 5.11 Å². The molecular formula is C14H21NO3. The van der Waals surface area contributed by atoms with Gasteiger partial charge in [0.15, 0.2) is 0 Å². The molecule has 0 aliphatic carbocycles. The lowest BCUT2D eigenvalue weighted by atomic mass is 10.1. The molecule has 0 saturated carbocycles. The van der Waals surface area contributed by atoms with Crippen LogP contribution in [-0.4, -0.2) is 28.8 Å². The quantitative estimate of drug-likeness (QED) is 0.690. The number of aryl methyl sites for hydroxylation is 1. The van der Waals surface area contributed by atoms with Crippen LogP contribution < -0.4 is 5.32 Å². The van der Waals surface area contributed by atoms with Crippen molar-refractivity contribution in [3.63, 3.8) is 0 Å². The van der Waals surface area contributed by atoms with E-state index in [2.05, 4.69) is 12.2 Å². The van der Waals surface area contributed by atoms with Crippen LogP contribution in [-0.2, 0) is 11.2 Å². The van der Waals surface area contributed by atoms with Crippen LogP contribution >= 0.6 is 0 Å². The lowest BCUT2D eigenvalue weighted by Gasteiger charge is -2.16. The van der Waals surface area contributed by atoms with Crippen molar-refractivity contribution in [3.8, 4) is 0 Å². The molecule has 2 atom stereocenters. The van der Waals surface area contributed by atoms with E-state index in [9.17, 15) is 9.90 Å². The van der Waals surface area contributed by atoms with Crippen molar-refractivity contribution in [2.75, 3.05) is 6.54 Å². The fourth-order valence-electron chi connectivity index (χ4n) is 1.75. The van der Waals surface area contributed by atoms with Gasteiger partial charge in [0, 0.05) is 6.54 Å². The standard InChI is InChI=1S/C14H21NO3/c1-3-10-5-7-11(8-6-10)13(16)9-15-12(4-2)14(17)18/h5-8,12-13,15-16H,3-4,9H2,1-2H3,(H,17,18). The molecule has 4 nitrogen and oxygen atoms in total. The van der Waals surface area contributed by atoms with Crippen molar-refractivity contribution in [2.24, 2.45) is 0 Å². The summed E-state index contributed by atoms with van der Waals surface area (Å²) in [5.74, 6) is -0.883. The van der Waals surface area contributed by atoms with E-state index < -0.39 is 18.1 Å². The van der Waals surface area contributed by atoms with Gasteiger partial charge in [-0.1, -0.05) is 38.1 Å². The van der Waals surface area contributed by atoms with Crippen LogP contribution in [0.5, 0.6) is 0 Å². The number of nitrogens with one attached hydrogen (secondary N) is 1. The Labute approximate surface area is 108 Å². The number of benzene rings is 1. The number of aliphatic carboxylic acids is 1. The summed E-state index contributed by atoms with van der Waals surface area (Å²) in [6.45, 7) is 4.12. The van der Waals surface area contributed by atoms with Crippen LogP contribution in [0.1, 0.15) is 37.5 Å². The summed E-state index contributed by atoms with van der Waals surface area (Å²) in [5, 5.41) is 21.7. The Hall–Kier alpha value is -1.39. The van der Waals surface area contributed by atoms with Crippen molar-refractivity contribution in [3.05, 3.63) is 35.4 Å². The lowest BCUT2D eigenvalue weighted by Crippen LogP contribution is -2.38. The second-order valence-electron chi connectivity index (χ2n) is 4.32. The topological polar surface area (TPSA) is 69.6 Å². The third-order valence-corrected chi connectivity index (χ3v) is 3.04. The van der Waals surface area contributed by atoms with Gasteiger partial charge in [0.25, 0.3) is 0 Å². The zero-order valence-electron chi connectivity index (χ0n) is 10.9. The SMILES string of the molecule is CCc1ccc(C(O)CNC(CC)C(=O)O)cc1. The number of hydrogen-bond donors (Lipinski definition) is 3. The van der Waals surface area contributed by atoms with Crippen molar-refractivity contribution >= 4 is 5.97 Å². The molecule has 0 fully saturated rings. The van der Waals surface area contributed by atoms with Crippen LogP contribution in [0.3, 0.4) is 0 Å². The maximum atomic E-state index is 10.8. The van der Waals surface area contributed by atoms with Gasteiger partial charge in [-0.05, 0) is 24.0 Å². The van der Waals surface area contributed by atoms with E-state index in [1.807, 2.05) is 24.3 Å². The highest BCUT2D eigenvalue weighted by molar-refractivity contribution is 5.73. The average Bonchev–Trinajstić information content (AvgIpc) is 2.39. The van der Waals surface area contributed by atoms with Gasteiger partial charge in [-0.2, -0.15) is 0 Å². The molecule has 1 aromatic carbocycles. The molecule has 1 rings (SSSR count). The Kier molecular flexibility index (Phi) is 5.82. The van der Waals surface area contributed by atoms with Gasteiger partial charge in [-0.15, -0.1) is 0 Å². The molecule has 0 amide bonds. The normalized spacial score (nSPS) is 14.2. The van der Waals surface area contributed by atoms with Crippen LogP contribution in [0.2, 0.25) is 0 Å². The fraction of sp³-hybridized carbons (Fsp3) is 0.500. The Morgan fingerprint density at radius 3 is 2.33 bits per heavy atom. The van der Waals surface area contributed by atoms with E-state index in [-0.39, 0.29) is 6.54 Å². The molecule has 0 aliphatic rings. The van der Waals surface area contributed by atoms with Crippen LogP contribution in [0.4, 0.5) is 0 Å². The molecule has 3 N–H and O–H groups in total. The van der Waals surface area contributed by atoms with Gasteiger partial charge in [-0.25, -0.2) is 0 Å². The number of hydrogen-bond acceptors (Lipinski definition) is 3. The first-order valence-electron chi connectivity index (χ1n) is 6.31. The van der Waals surface area contributed by atoms with Gasteiger partial charge >= 0.3 is 5.97 Å². The van der Waals surface area contributed by atoms with Gasteiger partial charge < -0.3 is 15.5 Å². The third kappa shape index (κ3) is 4.13. The number of carboxylic acids is 1.